The predicted octanol–water partition coefficient (Wildman–Crippen LogP) is 2.74. The maximum absolute atomic E-state index is 11.5. The van der Waals surface area contributed by atoms with Gasteiger partial charge in [0, 0.05) is 25.5 Å². The Morgan fingerprint density at radius 3 is 3.05 bits per heavy atom. The normalized spacial score (nSPS) is 14.7. The standard InChI is InChI=1S/C15H21N3O/c1-16-15(19)14-11-13(8-10-18-14)17-9-7-12-5-3-2-4-6-12/h5,8,10-11H,2-4,6-7,9H2,1H3,(H,16,19)(H,17,18). The van der Waals surface area contributed by atoms with Crippen LogP contribution in [0.4, 0.5) is 5.69 Å². The van der Waals surface area contributed by atoms with Crippen LogP contribution in [0.2, 0.25) is 0 Å². The van der Waals surface area contributed by atoms with Crippen LogP contribution in [0.5, 0.6) is 0 Å². The van der Waals surface area contributed by atoms with Crippen molar-refractivity contribution in [3.8, 4) is 0 Å². The lowest BCUT2D eigenvalue weighted by Gasteiger charge is -2.13. The molecular weight excluding hydrogens is 238 g/mol. The van der Waals surface area contributed by atoms with Crippen LogP contribution in [0.3, 0.4) is 0 Å². The van der Waals surface area contributed by atoms with E-state index in [1.54, 1.807) is 24.9 Å². The van der Waals surface area contributed by atoms with Gasteiger partial charge in [-0.15, -0.1) is 0 Å². The van der Waals surface area contributed by atoms with E-state index in [4.69, 9.17) is 0 Å². The molecule has 0 spiro atoms. The summed E-state index contributed by atoms with van der Waals surface area (Å²) in [7, 11) is 1.61. The van der Waals surface area contributed by atoms with Gasteiger partial charge in [-0.2, -0.15) is 0 Å². The largest absolute Gasteiger partial charge is 0.385 e. The van der Waals surface area contributed by atoms with Crippen LogP contribution in [-0.4, -0.2) is 24.5 Å². The molecule has 1 aromatic heterocycles. The van der Waals surface area contributed by atoms with Gasteiger partial charge in [0.2, 0.25) is 0 Å². The van der Waals surface area contributed by atoms with Crippen molar-refractivity contribution in [1.29, 1.82) is 0 Å². The Morgan fingerprint density at radius 1 is 1.42 bits per heavy atom. The Hall–Kier alpha value is -1.84. The lowest BCUT2D eigenvalue weighted by Crippen LogP contribution is -2.19. The Labute approximate surface area is 114 Å². The Bertz CT molecular complexity index is 468. The molecule has 4 heteroatoms. The Morgan fingerprint density at radius 2 is 2.32 bits per heavy atom. The van der Waals surface area contributed by atoms with E-state index < -0.39 is 0 Å². The van der Waals surface area contributed by atoms with Crippen LogP contribution in [-0.2, 0) is 0 Å². The molecule has 0 bridgehead atoms. The lowest BCUT2D eigenvalue weighted by atomic mass is 9.97. The molecular formula is C15H21N3O. The fourth-order valence-corrected chi connectivity index (χ4v) is 2.29. The monoisotopic (exact) mass is 259 g/mol. The van der Waals surface area contributed by atoms with Crippen molar-refractivity contribution in [3.05, 3.63) is 35.7 Å². The van der Waals surface area contributed by atoms with Gasteiger partial charge in [0.25, 0.3) is 5.91 Å². The molecule has 1 aliphatic rings. The molecule has 0 saturated heterocycles. The molecule has 0 radical (unpaired) electrons. The highest BCUT2D eigenvalue weighted by atomic mass is 16.1. The minimum Gasteiger partial charge on any atom is -0.385 e. The number of aromatic nitrogens is 1. The molecule has 0 fully saturated rings. The first-order valence-electron chi connectivity index (χ1n) is 6.89. The predicted molar refractivity (Wildman–Crippen MR) is 77.3 cm³/mol. The molecule has 1 amide bonds. The van der Waals surface area contributed by atoms with Gasteiger partial charge in [-0.05, 0) is 44.2 Å². The molecule has 0 atom stereocenters. The Kier molecular flexibility index (Phi) is 4.95. The van der Waals surface area contributed by atoms with E-state index in [0.29, 0.717) is 5.69 Å². The van der Waals surface area contributed by atoms with Crippen molar-refractivity contribution in [2.75, 3.05) is 18.9 Å². The third-order valence-corrected chi connectivity index (χ3v) is 3.38. The molecule has 0 saturated carbocycles. The fourth-order valence-electron chi connectivity index (χ4n) is 2.29. The van der Waals surface area contributed by atoms with Crippen LogP contribution >= 0.6 is 0 Å². The van der Waals surface area contributed by atoms with Crippen LogP contribution in [0.25, 0.3) is 0 Å². The van der Waals surface area contributed by atoms with Crippen molar-refractivity contribution < 1.29 is 4.79 Å². The van der Waals surface area contributed by atoms with Crippen molar-refractivity contribution in [2.45, 2.75) is 32.1 Å². The number of hydrogen-bond acceptors (Lipinski definition) is 3. The quantitative estimate of drug-likeness (QED) is 0.799. The third-order valence-electron chi connectivity index (χ3n) is 3.38. The van der Waals surface area contributed by atoms with Crippen molar-refractivity contribution in [2.24, 2.45) is 0 Å². The van der Waals surface area contributed by atoms with E-state index in [2.05, 4.69) is 21.7 Å². The van der Waals surface area contributed by atoms with Gasteiger partial charge < -0.3 is 10.6 Å². The summed E-state index contributed by atoms with van der Waals surface area (Å²) in [6, 6.07) is 3.68. The van der Waals surface area contributed by atoms with E-state index in [1.807, 2.05) is 6.07 Å². The summed E-state index contributed by atoms with van der Waals surface area (Å²) in [5.74, 6) is -0.154. The van der Waals surface area contributed by atoms with Gasteiger partial charge in [0.05, 0.1) is 0 Å². The van der Waals surface area contributed by atoms with Crippen LogP contribution in [0, 0.1) is 0 Å². The van der Waals surface area contributed by atoms with Gasteiger partial charge in [-0.25, -0.2) is 0 Å². The topological polar surface area (TPSA) is 54.0 Å². The van der Waals surface area contributed by atoms with Crippen molar-refractivity contribution in [3.63, 3.8) is 0 Å². The molecule has 2 rings (SSSR count). The zero-order chi connectivity index (χ0) is 13.5. The fraction of sp³-hybridized carbons (Fsp3) is 0.467. The van der Waals surface area contributed by atoms with Crippen LogP contribution in [0.15, 0.2) is 30.0 Å². The van der Waals surface area contributed by atoms with Gasteiger partial charge in [-0.3, -0.25) is 9.78 Å². The summed E-state index contributed by atoms with van der Waals surface area (Å²) in [4.78, 5) is 15.5. The SMILES string of the molecule is CNC(=O)c1cc(NCCC2=CCCCC2)ccn1. The van der Waals surface area contributed by atoms with Gasteiger partial charge in [0.15, 0.2) is 0 Å². The highest BCUT2D eigenvalue weighted by molar-refractivity contribution is 5.92. The second-order valence-electron chi connectivity index (χ2n) is 4.79. The zero-order valence-corrected chi connectivity index (χ0v) is 11.4. The van der Waals surface area contributed by atoms with E-state index >= 15 is 0 Å². The smallest absolute Gasteiger partial charge is 0.269 e. The van der Waals surface area contributed by atoms with Gasteiger partial charge >= 0.3 is 0 Å². The zero-order valence-electron chi connectivity index (χ0n) is 11.4. The van der Waals surface area contributed by atoms with E-state index in [-0.39, 0.29) is 5.91 Å². The first-order chi connectivity index (χ1) is 9.29. The third kappa shape index (κ3) is 4.09. The molecule has 0 unspecified atom stereocenters. The maximum atomic E-state index is 11.5. The molecule has 0 aliphatic heterocycles. The average molecular weight is 259 g/mol. The van der Waals surface area contributed by atoms with Crippen molar-refractivity contribution in [1.82, 2.24) is 10.3 Å². The van der Waals surface area contributed by atoms with E-state index in [0.717, 1.165) is 18.7 Å². The summed E-state index contributed by atoms with van der Waals surface area (Å²) in [6.07, 6.45) is 10.2. The first kappa shape index (κ1) is 13.6. The summed E-state index contributed by atoms with van der Waals surface area (Å²) in [6.45, 7) is 0.906. The summed E-state index contributed by atoms with van der Waals surface area (Å²) >= 11 is 0. The van der Waals surface area contributed by atoms with Crippen molar-refractivity contribution >= 4 is 11.6 Å². The van der Waals surface area contributed by atoms with Crippen LogP contribution < -0.4 is 10.6 Å². The maximum Gasteiger partial charge on any atom is 0.269 e. The molecule has 102 valence electrons. The summed E-state index contributed by atoms with van der Waals surface area (Å²) in [5, 5.41) is 5.93. The number of rotatable bonds is 5. The number of nitrogens with zero attached hydrogens (tertiary/aromatic N) is 1. The average Bonchev–Trinajstić information content (AvgIpc) is 2.48. The molecule has 19 heavy (non-hydrogen) atoms. The molecule has 1 aromatic rings. The molecule has 1 aliphatic carbocycles. The molecule has 0 aromatic carbocycles. The van der Waals surface area contributed by atoms with Gasteiger partial charge in [0.1, 0.15) is 5.69 Å². The summed E-state index contributed by atoms with van der Waals surface area (Å²) < 4.78 is 0. The minimum absolute atomic E-state index is 0.154. The second kappa shape index (κ2) is 6.92. The number of nitrogens with one attached hydrogen (secondary N) is 2. The van der Waals surface area contributed by atoms with E-state index in [1.165, 1.54) is 25.7 Å². The summed E-state index contributed by atoms with van der Waals surface area (Å²) in [5.41, 5.74) is 2.95. The second-order valence-corrected chi connectivity index (χ2v) is 4.79. The molecule has 2 N–H and O–H groups in total. The van der Waals surface area contributed by atoms with Gasteiger partial charge in [-0.1, -0.05) is 11.6 Å². The molecule has 4 nitrogen and oxygen atoms in total. The lowest BCUT2D eigenvalue weighted by molar-refractivity contribution is 0.0958. The number of amides is 1. The number of allylic oxidation sites excluding steroid dienone is 1. The molecule has 1 heterocycles. The number of pyridine rings is 1. The van der Waals surface area contributed by atoms with E-state index in [9.17, 15) is 4.79 Å². The highest BCUT2D eigenvalue weighted by Gasteiger charge is 2.06. The number of anilines is 1. The number of hydrogen-bond donors (Lipinski definition) is 2. The first-order valence-corrected chi connectivity index (χ1v) is 6.89. The minimum atomic E-state index is -0.154. The number of carbonyl (C=O) groups is 1. The highest BCUT2D eigenvalue weighted by Crippen LogP contribution is 2.20. The van der Waals surface area contributed by atoms with Crippen LogP contribution in [0.1, 0.15) is 42.6 Å². The number of carbonyl (C=O) groups excluding carboxylic acids is 1. The Balaban J connectivity index is 1.85.